The van der Waals surface area contributed by atoms with Crippen LogP contribution in [0.2, 0.25) is 0 Å². The number of carbonyl (C=O) groups is 1. The molecule has 2 saturated carbocycles. The Morgan fingerprint density at radius 1 is 1.13 bits per heavy atom. The van der Waals surface area contributed by atoms with Crippen molar-refractivity contribution in [1.82, 2.24) is 29.9 Å². The van der Waals surface area contributed by atoms with Crippen LogP contribution in [-0.2, 0) is 23.2 Å². The third-order valence-electron chi connectivity index (χ3n) is 8.03. The highest BCUT2D eigenvalue weighted by Gasteiger charge is 2.47. The van der Waals surface area contributed by atoms with Gasteiger partial charge in [-0.3, -0.25) is 4.79 Å². The van der Waals surface area contributed by atoms with E-state index in [9.17, 15) is 9.90 Å². The number of fused-ring (bicyclic) bond motifs is 1. The third-order valence-corrected chi connectivity index (χ3v) is 8.03. The van der Waals surface area contributed by atoms with E-state index in [1.807, 2.05) is 19.1 Å². The molecule has 5 unspecified atom stereocenters. The van der Waals surface area contributed by atoms with Crippen molar-refractivity contribution in [2.45, 2.75) is 57.8 Å². The predicted octanol–water partition coefficient (Wildman–Crippen LogP) is 2.99. The lowest BCUT2D eigenvalue weighted by Crippen LogP contribution is -2.21. The molecule has 0 aromatic carbocycles. The number of pyridine rings is 1. The Morgan fingerprint density at radius 3 is 2.82 bits per heavy atom. The Labute approximate surface area is 225 Å². The number of carboxylic acid groups (broad SMARTS) is 1. The number of nitrogens with zero attached hydrogens (tertiary/aromatic N) is 6. The average molecular weight is 537 g/mol. The van der Waals surface area contributed by atoms with Crippen molar-refractivity contribution in [2.75, 3.05) is 13.2 Å². The molecular formula is C27H32N6O6. The van der Waals surface area contributed by atoms with Crippen molar-refractivity contribution in [3.8, 4) is 29.0 Å². The van der Waals surface area contributed by atoms with Crippen LogP contribution in [0.1, 0.15) is 43.5 Å². The zero-order chi connectivity index (χ0) is 26.9. The van der Waals surface area contributed by atoms with Gasteiger partial charge >= 0.3 is 12.0 Å². The molecular weight excluding hydrogens is 504 g/mol. The smallest absolute Gasteiger partial charge is 0.320 e. The van der Waals surface area contributed by atoms with E-state index in [0.29, 0.717) is 42.1 Å². The minimum absolute atomic E-state index is 0.00918. The number of hydrogen-bond acceptors (Lipinski definition) is 10. The standard InChI is InChI=1S/C27H32N6O6/c1-15-23(38-18-11-16-3-4-19(26(34)35)20(16)12-18)6-5-21(29-15)25-22(33(2)32-31-25)14-37-27-28-9-7-24(30-27)39-17-8-10-36-13-17/h5-7,9,16-20H,3-4,8,10-14H2,1-2H3,(H,34,35). The maximum atomic E-state index is 11.6. The molecule has 3 aromatic rings. The van der Waals surface area contributed by atoms with Gasteiger partial charge in [0.25, 0.3) is 0 Å². The minimum atomic E-state index is -0.680. The van der Waals surface area contributed by atoms with Crippen LogP contribution in [0, 0.1) is 24.7 Å². The molecule has 6 rings (SSSR count). The summed E-state index contributed by atoms with van der Waals surface area (Å²) >= 11 is 0. The molecule has 3 fully saturated rings. The molecule has 12 heteroatoms. The highest BCUT2D eigenvalue weighted by atomic mass is 16.6. The van der Waals surface area contributed by atoms with Crippen molar-refractivity contribution < 1.29 is 28.8 Å². The predicted molar refractivity (Wildman–Crippen MR) is 136 cm³/mol. The van der Waals surface area contributed by atoms with E-state index >= 15 is 0 Å². The van der Waals surface area contributed by atoms with Crippen LogP contribution in [-0.4, -0.2) is 66.4 Å². The Morgan fingerprint density at radius 2 is 2.03 bits per heavy atom. The number of carboxylic acids is 1. The van der Waals surface area contributed by atoms with Crippen molar-refractivity contribution in [1.29, 1.82) is 0 Å². The lowest BCUT2D eigenvalue weighted by molar-refractivity contribution is -0.143. The molecule has 0 spiro atoms. The molecule has 5 atom stereocenters. The van der Waals surface area contributed by atoms with Crippen molar-refractivity contribution >= 4 is 5.97 Å². The lowest BCUT2D eigenvalue weighted by Gasteiger charge is -2.18. The first-order chi connectivity index (χ1) is 18.9. The quantitative estimate of drug-likeness (QED) is 0.431. The average Bonchev–Trinajstić information content (AvgIpc) is 3.70. The van der Waals surface area contributed by atoms with E-state index in [0.717, 1.165) is 43.5 Å². The Balaban J connectivity index is 1.11. The van der Waals surface area contributed by atoms with Gasteiger partial charge in [0.2, 0.25) is 5.88 Å². The number of aromatic nitrogens is 6. The summed E-state index contributed by atoms with van der Waals surface area (Å²) in [5.74, 6) is 0.853. The first-order valence-corrected chi connectivity index (χ1v) is 13.4. The van der Waals surface area contributed by atoms with Crippen molar-refractivity contribution in [3.05, 3.63) is 35.8 Å². The molecule has 2 aliphatic carbocycles. The second-order valence-electron chi connectivity index (χ2n) is 10.5. The van der Waals surface area contributed by atoms with Crippen LogP contribution >= 0.6 is 0 Å². The molecule has 4 heterocycles. The summed E-state index contributed by atoms with van der Waals surface area (Å²) in [5.41, 5.74) is 2.71. The van der Waals surface area contributed by atoms with E-state index in [2.05, 4.69) is 20.3 Å². The summed E-state index contributed by atoms with van der Waals surface area (Å²) in [6, 6.07) is 5.65. The van der Waals surface area contributed by atoms with Gasteiger partial charge in [-0.1, -0.05) is 5.21 Å². The molecule has 3 aliphatic rings. The highest BCUT2D eigenvalue weighted by molar-refractivity contribution is 5.71. The Kier molecular flexibility index (Phi) is 7.03. The fourth-order valence-corrected chi connectivity index (χ4v) is 6.03. The lowest BCUT2D eigenvalue weighted by atomic mass is 9.92. The van der Waals surface area contributed by atoms with Crippen LogP contribution in [0.4, 0.5) is 0 Å². The van der Waals surface area contributed by atoms with Gasteiger partial charge in [0.1, 0.15) is 29.8 Å². The van der Waals surface area contributed by atoms with E-state index in [4.69, 9.17) is 23.9 Å². The minimum Gasteiger partial charge on any atom is -0.489 e. The molecule has 1 saturated heterocycles. The second kappa shape index (κ2) is 10.8. The normalized spacial score (nSPS) is 25.9. The number of rotatable bonds is 9. The molecule has 206 valence electrons. The zero-order valence-corrected chi connectivity index (χ0v) is 22.0. The van der Waals surface area contributed by atoms with Gasteiger partial charge in [-0.2, -0.15) is 4.98 Å². The summed E-state index contributed by atoms with van der Waals surface area (Å²) in [5, 5.41) is 18.0. The molecule has 39 heavy (non-hydrogen) atoms. The maximum absolute atomic E-state index is 11.6. The maximum Gasteiger partial charge on any atom is 0.320 e. The number of aliphatic carboxylic acids is 1. The summed E-state index contributed by atoms with van der Waals surface area (Å²) in [7, 11) is 1.79. The van der Waals surface area contributed by atoms with E-state index in [1.165, 1.54) is 0 Å². The van der Waals surface area contributed by atoms with E-state index in [-0.39, 0.29) is 36.7 Å². The highest BCUT2D eigenvalue weighted by Crippen LogP contribution is 2.48. The first kappa shape index (κ1) is 25.5. The van der Waals surface area contributed by atoms with Gasteiger partial charge < -0.3 is 24.1 Å². The summed E-state index contributed by atoms with van der Waals surface area (Å²) in [4.78, 5) is 24.9. The van der Waals surface area contributed by atoms with E-state index < -0.39 is 5.97 Å². The van der Waals surface area contributed by atoms with Gasteiger partial charge in [-0.25, -0.2) is 14.6 Å². The van der Waals surface area contributed by atoms with Crippen LogP contribution < -0.4 is 14.2 Å². The Hall–Kier alpha value is -3.80. The molecule has 12 nitrogen and oxygen atoms in total. The molecule has 0 bridgehead atoms. The molecule has 1 N–H and O–H groups in total. The third kappa shape index (κ3) is 5.38. The van der Waals surface area contributed by atoms with Crippen LogP contribution in [0.15, 0.2) is 24.4 Å². The summed E-state index contributed by atoms with van der Waals surface area (Å²) in [6.45, 7) is 3.28. The first-order valence-electron chi connectivity index (χ1n) is 13.4. The van der Waals surface area contributed by atoms with Gasteiger partial charge in [-0.15, -0.1) is 5.10 Å². The SMILES string of the molecule is Cc1nc(-c2nnn(C)c2COc2nccc(OC3CCOC3)n2)ccc1OC1CC2CCC(C(=O)O)C2C1. The topological polar surface area (TPSA) is 144 Å². The van der Waals surface area contributed by atoms with Gasteiger partial charge in [-0.05, 0) is 56.6 Å². The van der Waals surface area contributed by atoms with Crippen LogP contribution in [0.5, 0.6) is 17.6 Å². The van der Waals surface area contributed by atoms with Crippen molar-refractivity contribution in [3.63, 3.8) is 0 Å². The fraction of sp³-hybridized carbons (Fsp3) is 0.556. The van der Waals surface area contributed by atoms with E-state index in [1.54, 1.807) is 24.0 Å². The number of aryl methyl sites for hydroxylation is 2. The molecule has 3 aromatic heterocycles. The molecule has 0 radical (unpaired) electrons. The van der Waals surface area contributed by atoms with Crippen LogP contribution in [0.25, 0.3) is 11.4 Å². The van der Waals surface area contributed by atoms with Gasteiger partial charge in [0, 0.05) is 25.7 Å². The fourth-order valence-electron chi connectivity index (χ4n) is 6.03. The molecule has 0 amide bonds. The summed E-state index contributed by atoms with van der Waals surface area (Å²) in [6.07, 6.45) is 5.82. The number of ether oxygens (including phenoxy) is 4. The zero-order valence-electron chi connectivity index (χ0n) is 22.0. The Bertz CT molecular complexity index is 1340. The second-order valence-corrected chi connectivity index (χ2v) is 10.5. The largest absolute Gasteiger partial charge is 0.489 e. The monoisotopic (exact) mass is 536 g/mol. The van der Waals surface area contributed by atoms with Crippen LogP contribution in [0.3, 0.4) is 0 Å². The van der Waals surface area contributed by atoms with Gasteiger partial charge in [0.05, 0.1) is 36.6 Å². The van der Waals surface area contributed by atoms with Gasteiger partial charge in [0.15, 0.2) is 0 Å². The molecule has 1 aliphatic heterocycles. The summed E-state index contributed by atoms with van der Waals surface area (Å²) < 4.78 is 25.0. The van der Waals surface area contributed by atoms with Crippen molar-refractivity contribution in [2.24, 2.45) is 24.8 Å². The number of hydrogen-bond donors (Lipinski definition) is 1.